The summed E-state index contributed by atoms with van der Waals surface area (Å²) in [7, 11) is 0. The predicted molar refractivity (Wildman–Crippen MR) is 80.5 cm³/mol. The van der Waals surface area contributed by atoms with Gasteiger partial charge in [0.1, 0.15) is 0 Å². The standard InChI is InChI=1S/C13H23Cl3N2O/c1-12(2,3)11(19)18-10(13(14,15)16)17-9-7-5-4-6-8-9/h9-10,17H,4-8H2,1-3H3,(H,18,19)/p+1/t10-/m1/s1. The van der Waals surface area contributed by atoms with Gasteiger partial charge in [-0.15, -0.1) is 0 Å². The van der Waals surface area contributed by atoms with Crippen molar-refractivity contribution in [1.82, 2.24) is 5.32 Å². The van der Waals surface area contributed by atoms with Crippen LogP contribution in [0, 0.1) is 5.41 Å². The van der Waals surface area contributed by atoms with E-state index in [-0.39, 0.29) is 5.91 Å². The van der Waals surface area contributed by atoms with Crippen LogP contribution in [0.5, 0.6) is 0 Å². The lowest BCUT2D eigenvalue weighted by Gasteiger charge is -2.31. The van der Waals surface area contributed by atoms with Gasteiger partial charge in [0.15, 0.2) is 0 Å². The maximum absolute atomic E-state index is 12.1. The Morgan fingerprint density at radius 2 is 1.68 bits per heavy atom. The van der Waals surface area contributed by atoms with Gasteiger partial charge >= 0.3 is 0 Å². The number of rotatable bonds is 3. The summed E-state index contributed by atoms with van der Waals surface area (Å²) in [6.45, 7) is 5.54. The van der Waals surface area contributed by atoms with Crippen LogP contribution in [-0.2, 0) is 4.79 Å². The van der Waals surface area contributed by atoms with Crippen LogP contribution in [0.2, 0.25) is 0 Å². The smallest absolute Gasteiger partial charge is 0.262 e. The van der Waals surface area contributed by atoms with Gasteiger partial charge in [0, 0.05) is 5.41 Å². The van der Waals surface area contributed by atoms with Gasteiger partial charge in [-0.2, -0.15) is 0 Å². The largest absolute Gasteiger partial charge is 0.321 e. The third-order valence-electron chi connectivity index (χ3n) is 3.43. The molecular weight excluding hydrogens is 307 g/mol. The highest BCUT2D eigenvalue weighted by molar-refractivity contribution is 6.68. The van der Waals surface area contributed by atoms with Crippen LogP contribution in [0.3, 0.4) is 0 Å². The number of quaternary nitrogens is 1. The Bertz CT molecular complexity index is 304. The molecule has 0 aromatic rings. The molecule has 0 heterocycles. The lowest BCUT2D eigenvalue weighted by molar-refractivity contribution is -0.726. The normalized spacial score (nSPS) is 20.1. The molecule has 0 aromatic carbocycles. The molecule has 19 heavy (non-hydrogen) atoms. The second-order valence-electron chi connectivity index (χ2n) is 6.33. The van der Waals surface area contributed by atoms with Gasteiger partial charge < -0.3 is 10.6 Å². The van der Waals surface area contributed by atoms with E-state index in [0.717, 1.165) is 12.8 Å². The number of nitrogens with two attached hydrogens (primary N) is 1. The number of halogens is 3. The number of alkyl halides is 3. The van der Waals surface area contributed by atoms with Crippen molar-refractivity contribution < 1.29 is 10.1 Å². The second kappa shape index (κ2) is 6.84. The Hall–Kier alpha value is 0.300. The molecule has 0 radical (unpaired) electrons. The molecule has 6 heteroatoms. The van der Waals surface area contributed by atoms with E-state index in [1.54, 1.807) is 0 Å². The molecule has 3 N–H and O–H groups in total. The SMILES string of the molecule is CC(C)(C)C(=O)N[C@@H]([NH2+]C1CCCCC1)C(Cl)(Cl)Cl. The molecule has 1 rings (SSSR count). The van der Waals surface area contributed by atoms with Gasteiger partial charge in [-0.05, 0) is 25.7 Å². The first-order valence-electron chi connectivity index (χ1n) is 6.83. The molecule has 1 saturated carbocycles. The molecular formula is C13H24Cl3N2O+. The number of hydrogen-bond acceptors (Lipinski definition) is 1. The average Bonchev–Trinajstić information content (AvgIpc) is 2.27. The zero-order chi connectivity index (χ0) is 14.7. The van der Waals surface area contributed by atoms with Gasteiger partial charge in [0.05, 0.1) is 6.04 Å². The summed E-state index contributed by atoms with van der Waals surface area (Å²) < 4.78 is -1.50. The molecule has 0 unspecified atom stereocenters. The van der Waals surface area contributed by atoms with Gasteiger partial charge in [-0.25, -0.2) is 0 Å². The van der Waals surface area contributed by atoms with E-state index in [1.165, 1.54) is 19.3 Å². The summed E-state index contributed by atoms with van der Waals surface area (Å²) >= 11 is 18.0. The maximum Gasteiger partial charge on any atom is 0.262 e. The van der Waals surface area contributed by atoms with Gasteiger partial charge in [0.25, 0.3) is 3.79 Å². The fourth-order valence-electron chi connectivity index (χ4n) is 2.20. The molecule has 3 nitrogen and oxygen atoms in total. The first kappa shape index (κ1) is 17.4. The minimum absolute atomic E-state index is 0.101. The molecule has 1 fully saturated rings. The van der Waals surface area contributed by atoms with E-state index in [4.69, 9.17) is 34.8 Å². The molecule has 0 saturated heterocycles. The summed E-state index contributed by atoms with van der Waals surface area (Å²) in [5, 5.41) is 4.86. The van der Waals surface area contributed by atoms with Crippen molar-refractivity contribution >= 4 is 40.7 Å². The highest BCUT2D eigenvalue weighted by Gasteiger charge is 2.40. The van der Waals surface area contributed by atoms with Gasteiger partial charge in [0.2, 0.25) is 12.1 Å². The lowest BCUT2D eigenvalue weighted by Crippen LogP contribution is -3.00. The molecule has 1 atom stereocenters. The quantitative estimate of drug-likeness (QED) is 0.606. The van der Waals surface area contributed by atoms with Crippen molar-refractivity contribution in [3.8, 4) is 0 Å². The van der Waals surface area contributed by atoms with E-state index in [2.05, 4.69) is 5.32 Å². The summed E-state index contributed by atoms with van der Waals surface area (Å²) in [4.78, 5) is 12.1. The van der Waals surface area contributed by atoms with E-state index >= 15 is 0 Å². The van der Waals surface area contributed by atoms with Crippen molar-refractivity contribution in [2.75, 3.05) is 0 Å². The van der Waals surface area contributed by atoms with E-state index < -0.39 is 15.4 Å². The molecule has 0 bridgehead atoms. The summed E-state index contributed by atoms with van der Waals surface area (Å²) in [5.41, 5.74) is -0.491. The zero-order valence-electron chi connectivity index (χ0n) is 11.8. The molecule has 112 valence electrons. The highest BCUT2D eigenvalue weighted by atomic mass is 35.6. The van der Waals surface area contributed by atoms with Crippen LogP contribution in [-0.4, -0.2) is 21.9 Å². The Kier molecular flexibility index (Phi) is 6.25. The topological polar surface area (TPSA) is 45.7 Å². The van der Waals surface area contributed by atoms with Crippen molar-refractivity contribution in [3.63, 3.8) is 0 Å². The molecule has 0 spiro atoms. The minimum Gasteiger partial charge on any atom is -0.321 e. The number of hydrogen-bond donors (Lipinski definition) is 2. The molecule has 1 aliphatic rings. The van der Waals surface area contributed by atoms with Gasteiger partial charge in [-0.3, -0.25) is 4.79 Å². The highest BCUT2D eigenvalue weighted by Crippen LogP contribution is 2.28. The van der Waals surface area contributed by atoms with Crippen molar-refractivity contribution in [3.05, 3.63) is 0 Å². The average molecular weight is 331 g/mol. The Morgan fingerprint density at radius 1 is 1.16 bits per heavy atom. The number of carbonyl (C=O) groups excluding carboxylic acids is 1. The van der Waals surface area contributed by atoms with Crippen molar-refractivity contribution in [2.24, 2.45) is 5.41 Å². The first-order chi connectivity index (χ1) is 8.60. The first-order valence-corrected chi connectivity index (χ1v) is 7.97. The number of amides is 1. The summed E-state index contributed by atoms with van der Waals surface area (Å²) in [6, 6.07) is 0.426. The van der Waals surface area contributed by atoms with Crippen molar-refractivity contribution in [2.45, 2.75) is 68.9 Å². The van der Waals surface area contributed by atoms with Crippen molar-refractivity contribution in [1.29, 1.82) is 0 Å². The Balaban J connectivity index is 2.64. The third-order valence-corrected chi connectivity index (χ3v) is 4.14. The van der Waals surface area contributed by atoms with E-state index in [0.29, 0.717) is 6.04 Å². The van der Waals surface area contributed by atoms with Crippen LogP contribution in [0.1, 0.15) is 52.9 Å². The molecule has 1 aliphatic carbocycles. The third kappa shape index (κ3) is 6.07. The Morgan fingerprint density at radius 3 is 2.11 bits per heavy atom. The van der Waals surface area contributed by atoms with E-state index in [9.17, 15) is 4.79 Å². The monoisotopic (exact) mass is 329 g/mol. The summed E-state index contributed by atoms with van der Waals surface area (Å²) in [5.74, 6) is -0.101. The van der Waals surface area contributed by atoms with Crippen LogP contribution in [0.4, 0.5) is 0 Å². The fourth-order valence-corrected chi connectivity index (χ4v) is 2.58. The van der Waals surface area contributed by atoms with Crippen LogP contribution >= 0.6 is 34.8 Å². The second-order valence-corrected chi connectivity index (χ2v) is 8.70. The van der Waals surface area contributed by atoms with Crippen LogP contribution < -0.4 is 10.6 Å². The number of nitrogens with one attached hydrogen (secondary N) is 1. The molecule has 1 amide bonds. The number of carbonyl (C=O) groups is 1. The predicted octanol–water partition coefficient (Wildman–Crippen LogP) is 2.74. The Labute approximate surface area is 130 Å². The minimum atomic E-state index is -1.50. The fraction of sp³-hybridized carbons (Fsp3) is 0.923. The molecule has 0 aliphatic heterocycles. The summed E-state index contributed by atoms with van der Waals surface area (Å²) in [6.07, 6.45) is 5.39. The van der Waals surface area contributed by atoms with Crippen LogP contribution in [0.25, 0.3) is 0 Å². The molecule has 0 aromatic heterocycles. The van der Waals surface area contributed by atoms with Gasteiger partial charge in [-0.1, -0.05) is 62.0 Å². The zero-order valence-corrected chi connectivity index (χ0v) is 14.1. The van der Waals surface area contributed by atoms with E-state index in [1.807, 2.05) is 26.1 Å². The van der Waals surface area contributed by atoms with Crippen LogP contribution in [0.15, 0.2) is 0 Å². The lowest BCUT2D eigenvalue weighted by atomic mass is 9.94. The maximum atomic E-state index is 12.1.